The molecule has 3 amide bonds. The molecule has 0 spiro atoms. The lowest BCUT2D eigenvalue weighted by atomic mass is 10.1. The lowest BCUT2D eigenvalue weighted by molar-refractivity contribution is -0.144. The predicted octanol–water partition coefficient (Wildman–Crippen LogP) is 13.8. The highest BCUT2D eigenvalue weighted by Gasteiger charge is 2.39. The van der Waals surface area contributed by atoms with Crippen LogP contribution in [0, 0.1) is 0 Å². The Hall–Kier alpha value is -4.83. The fourth-order valence-corrected chi connectivity index (χ4v) is 8.28. The highest BCUT2D eigenvalue weighted by Crippen LogP contribution is 2.41. The van der Waals surface area contributed by atoms with Crippen molar-refractivity contribution in [2.45, 2.75) is 102 Å². The van der Waals surface area contributed by atoms with E-state index in [1.807, 2.05) is 36.4 Å². The number of carbonyl (C=O) groups is 3. The zero-order valence-corrected chi connectivity index (χ0v) is 38.8. The van der Waals surface area contributed by atoms with Gasteiger partial charge in [-0.3, -0.25) is 9.59 Å². The highest BCUT2D eigenvalue weighted by atomic mass is 79.9. The molecule has 8 nitrogen and oxygen atoms in total. The number of hydrogen-bond donors (Lipinski definition) is 3. The number of ether oxygens (including phenoxy) is 1. The number of nitrogens with zero attached hydrogens (tertiary/aromatic N) is 1. The Labute approximate surface area is 393 Å². The van der Waals surface area contributed by atoms with Gasteiger partial charge in [-0.1, -0.05) is 44.0 Å². The molecule has 6 rings (SSSR count). The minimum Gasteiger partial charge on any atom is -0.444 e. The third-order valence-electron chi connectivity index (χ3n) is 10.4. The van der Waals surface area contributed by atoms with Gasteiger partial charge >= 0.3 is 30.8 Å². The third-order valence-corrected chi connectivity index (χ3v) is 11.4. The Bertz CT molecular complexity index is 2390. The molecule has 0 saturated heterocycles. The van der Waals surface area contributed by atoms with E-state index in [0.717, 1.165) is 38.5 Å². The molecule has 0 aliphatic heterocycles. The second-order valence-electron chi connectivity index (χ2n) is 16.6. The summed E-state index contributed by atoms with van der Waals surface area (Å²) in [5.74, 6) is -1.53. The van der Waals surface area contributed by atoms with Gasteiger partial charge in [0.2, 0.25) is 11.8 Å². The number of rotatable bonds is 10. The lowest BCUT2D eigenvalue weighted by Crippen LogP contribution is -2.40. The molecule has 67 heavy (non-hydrogen) atoms. The zero-order chi connectivity index (χ0) is 49.9. The Morgan fingerprint density at radius 1 is 0.597 bits per heavy atom. The molecule has 4 aromatic carbocycles. The summed E-state index contributed by atoms with van der Waals surface area (Å²) in [5, 5.41) is 7.45. The molecule has 4 aromatic rings. The van der Waals surface area contributed by atoms with E-state index >= 15 is 0 Å². The summed E-state index contributed by atoms with van der Waals surface area (Å²) in [6.07, 6.45) is -18.2. The molecule has 2 aliphatic carbocycles. The van der Waals surface area contributed by atoms with E-state index in [2.05, 4.69) is 47.8 Å². The quantitative estimate of drug-likeness (QED) is 0.137. The molecule has 3 N–H and O–H groups in total. The van der Waals surface area contributed by atoms with Gasteiger partial charge in [-0.15, -0.1) is 0 Å². The first-order valence-corrected chi connectivity index (χ1v) is 21.9. The molecule has 2 aliphatic rings. The number of nitrogens with one attached hydrogen (secondary N) is 3. The number of carbonyl (C=O) groups excluding carboxylic acids is 3. The molecule has 22 heteroatoms. The van der Waals surface area contributed by atoms with Crippen LogP contribution in [0.3, 0.4) is 0 Å². The maximum Gasteiger partial charge on any atom is 0.416 e. The summed E-state index contributed by atoms with van der Waals surface area (Å²) in [5.41, 5.74) is -3.85. The summed E-state index contributed by atoms with van der Waals surface area (Å²) in [7, 11) is 0. The topological polar surface area (TPSA) is 99.8 Å². The summed E-state index contributed by atoms with van der Waals surface area (Å²) < 4.78 is 164. The van der Waals surface area contributed by atoms with Crippen LogP contribution >= 0.6 is 31.9 Å². The largest absolute Gasteiger partial charge is 0.444 e. The number of anilines is 2. The van der Waals surface area contributed by atoms with E-state index in [-0.39, 0.29) is 44.1 Å². The first kappa shape index (κ1) is 53.1. The summed E-state index contributed by atoms with van der Waals surface area (Å²) in [4.78, 5) is 39.1. The molecule has 364 valence electrons. The maximum atomic E-state index is 13.1. The second kappa shape index (κ2) is 20.8. The average molecular weight is 1090 g/mol. The van der Waals surface area contributed by atoms with Crippen LogP contribution in [0.1, 0.15) is 103 Å². The molecule has 2 unspecified atom stereocenters. The monoisotopic (exact) mass is 1090 g/mol. The van der Waals surface area contributed by atoms with Gasteiger partial charge < -0.3 is 25.6 Å². The molecular weight excluding hydrogens is 1050 g/mol. The molecular formula is C45H42Br2F12N4O4. The van der Waals surface area contributed by atoms with Crippen LogP contribution < -0.4 is 16.0 Å². The minimum atomic E-state index is -5.04. The van der Waals surface area contributed by atoms with E-state index in [9.17, 15) is 67.1 Å². The van der Waals surface area contributed by atoms with Gasteiger partial charge in [-0.25, -0.2) is 4.79 Å². The van der Waals surface area contributed by atoms with Crippen molar-refractivity contribution in [2.75, 3.05) is 23.7 Å². The number of fused-ring (bicyclic) bond motifs is 2. The first-order valence-electron chi connectivity index (χ1n) is 20.4. The summed E-state index contributed by atoms with van der Waals surface area (Å²) >= 11 is 6.82. The van der Waals surface area contributed by atoms with Crippen molar-refractivity contribution in [3.05, 3.63) is 126 Å². The van der Waals surface area contributed by atoms with Gasteiger partial charge in [0, 0.05) is 52.3 Å². The van der Waals surface area contributed by atoms with Crippen LogP contribution in [0.25, 0.3) is 0 Å². The van der Waals surface area contributed by atoms with E-state index in [1.165, 1.54) is 10.5 Å². The van der Waals surface area contributed by atoms with Crippen molar-refractivity contribution >= 4 is 61.1 Å². The van der Waals surface area contributed by atoms with Gasteiger partial charge in [0.15, 0.2) is 0 Å². The van der Waals surface area contributed by atoms with Crippen LogP contribution in [-0.2, 0) is 51.9 Å². The molecule has 0 heterocycles. The second-order valence-corrected chi connectivity index (χ2v) is 18.5. The van der Waals surface area contributed by atoms with E-state index in [1.54, 1.807) is 20.8 Å². The van der Waals surface area contributed by atoms with Gasteiger partial charge in [0.05, 0.1) is 28.3 Å². The van der Waals surface area contributed by atoms with E-state index < -0.39 is 87.9 Å². The van der Waals surface area contributed by atoms with Crippen LogP contribution in [0.2, 0.25) is 0 Å². The number of aryl methyl sites for hydroxylation is 2. The molecule has 0 aromatic heterocycles. The van der Waals surface area contributed by atoms with Crippen molar-refractivity contribution in [1.29, 1.82) is 0 Å². The Balaban J connectivity index is 0.000000256. The number of halogens is 14. The van der Waals surface area contributed by atoms with Gasteiger partial charge in [-0.2, -0.15) is 52.7 Å². The molecule has 0 bridgehead atoms. The molecule has 0 fully saturated rings. The van der Waals surface area contributed by atoms with Crippen molar-refractivity contribution in [3.63, 3.8) is 0 Å². The molecule has 0 saturated carbocycles. The standard InChI is InChI=1S/C25H25BrF6N2O3.C20H17BrF6N2O/c1-23(2,3)37-22(36)34(20-7-4-14-10-17(26)5-6-19(14)20)9-8-21(35)33-18-12-15(24(27,28)29)11-16(13-18)25(30,31)32;21-14-2-3-16-11(7-14)1-4-17(16)28-6-5-18(30)29-15-9-12(19(22,23)24)8-13(10-15)20(25,26)27/h5-6,10-13,20H,4,7-9H2,1-3H3,(H,33,35);2-3,7-10,17,28H,1,4-6H2,(H,29,30). The normalized spacial score (nSPS) is 16.1. The Kier molecular flexibility index (Phi) is 16.5. The maximum absolute atomic E-state index is 13.1. The van der Waals surface area contributed by atoms with Gasteiger partial charge in [0.1, 0.15) is 5.60 Å². The van der Waals surface area contributed by atoms with Crippen LogP contribution in [-0.4, -0.2) is 41.5 Å². The molecule has 0 radical (unpaired) electrons. The fourth-order valence-electron chi connectivity index (χ4n) is 7.46. The number of amides is 3. The number of hydrogen-bond acceptors (Lipinski definition) is 5. The van der Waals surface area contributed by atoms with Gasteiger partial charge in [-0.05, 0) is 129 Å². The molecule has 2 atom stereocenters. The number of benzene rings is 4. The lowest BCUT2D eigenvalue weighted by Gasteiger charge is -2.32. The van der Waals surface area contributed by atoms with Gasteiger partial charge in [0.25, 0.3) is 0 Å². The third kappa shape index (κ3) is 15.1. The van der Waals surface area contributed by atoms with E-state index in [0.29, 0.717) is 37.1 Å². The fraction of sp³-hybridized carbons (Fsp3) is 0.400. The first-order chi connectivity index (χ1) is 30.9. The van der Waals surface area contributed by atoms with Crippen molar-refractivity contribution < 1.29 is 71.8 Å². The Morgan fingerprint density at radius 3 is 1.46 bits per heavy atom. The van der Waals surface area contributed by atoms with Crippen LogP contribution in [0.4, 0.5) is 68.9 Å². The van der Waals surface area contributed by atoms with E-state index in [4.69, 9.17) is 4.74 Å². The summed E-state index contributed by atoms with van der Waals surface area (Å²) in [6, 6.07) is 13.0. The number of alkyl halides is 12. The Morgan fingerprint density at radius 2 is 1.01 bits per heavy atom. The SMILES string of the molecule is CC(C)(C)OC(=O)N(CCC(=O)Nc1cc(C(F)(F)F)cc(C(F)(F)F)c1)C1CCc2cc(Br)ccc21.O=C(CCNC1CCc2cc(Br)ccc21)Nc1cc(C(F)(F)F)cc(C(F)(F)F)c1. The minimum absolute atomic E-state index is 0.0181. The van der Waals surface area contributed by atoms with Crippen LogP contribution in [0.5, 0.6) is 0 Å². The zero-order valence-electron chi connectivity index (χ0n) is 35.6. The van der Waals surface area contributed by atoms with Crippen LogP contribution in [0.15, 0.2) is 81.7 Å². The smallest absolute Gasteiger partial charge is 0.416 e. The van der Waals surface area contributed by atoms with Crippen molar-refractivity contribution in [1.82, 2.24) is 10.2 Å². The predicted molar refractivity (Wildman–Crippen MR) is 231 cm³/mol. The van der Waals surface area contributed by atoms with Crippen molar-refractivity contribution in [2.24, 2.45) is 0 Å². The van der Waals surface area contributed by atoms with Crippen molar-refractivity contribution in [3.8, 4) is 0 Å². The summed E-state index contributed by atoms with van der Waals surface area (Å²) in [6.45, 7) is 5.12. The average Bonchev–Trinajstić information content (AvgIpc) is 3.79. The highest BCUT2D eigenvalue weighted by molar-refractivity contribution is 9.10.